The second kappa shape index (κ2) is 8.95. The van der Waals surface area contributed by atoms with Crippen molar-refractivity contribution in [2.45, 2.75) is 20.8 Å². The number of rotatable bonds is 7. The molecule has 6 heteroatoms. The average Bonchev–Trinajstić information content (AvgIpc) is 3.05. The Kier molecular flexibility index (Phi) is 6.35. The van der Waals surface area contributed by atoms with Crippen LogP contribution in [0.3, 0.4) is 0 Å². The first-order chi connectivity index (χ1) is 14.4. The Balaban J connectivity index is 1.96. The molecule has 1 aliphatic heterocycles. The van der Waals surface area contributed by atoms with E-state index in [9.17, 15) is 4.79 Å². The summed E-state index contributed by atoms with van der Waals surface area (Å²) >= 11 is 0. The third-order valence-electron chi connectivity index (χ3n) is 4.79. The molecule has 0 N–H and O–H groups in total. The van der Waals surface area contributed by atoms with Gasteiger partial charge in [-0.15, -0.1) is 0 Å². The van der Waals surface area contributed by atoms with Gasteiger partial charge in [0.1, 0.15) is 18.1 Å². The fourth-order valence-corrected chi connectivity index (χ4v) is 3.20. The normalized spacial score (nSPS) is 13.5. The molecular formula is C24H26O6. The third-order valence-corrected chi connectivity index (χ3v) is 4.79. The number of carbonyl (C=O) groups excluding carboxylic acids is 1. The Labute approximate surface area is 176 Å². The van der Waals surface area contributed by atoms with Crippen LogP contribution in [0.25, 0.3) is 6.08 Å². The molecule has 1 aliphatic rings. The Bertz CT molecular complexity index is 1030. The highest BCUT2D eigenvalue weighted by Crippen LogP contribution is 2.43. The molecule has 0 saturated carbocycles. The molecule has 158 valence electrons. The van der Waals surface area contributed by atoms with Gasteiger partial charge in [0.2, 0.25) is 11.5 Å². The lowest BCUT2D eigenvalue weighted by Crippen LogP contribution is -2.00. The number of ether oxygens (including phenoxy) is 5. The number of hydrogen-bond acceptors (Lipinski definition) is 6. The maximum absolute atomic E-state index is 12.9. The molecule has 0 fully saturated rings. The smallest absolute Gasteiger partial charge is 0.231 e. The number of ketones is 1. The topological polar surface area (TPSA) is 63.2 Å². The van der Waals surface area contributed by atoms with Crippen LogP contribution in [0, 0.1) is 6.92 Å². The van der Waals surface area contributed by atoms with Crippen molar-refractivity contribution in [3.8, 4) is 28.7 Å². The van der Waals surface area contributed by atoms with Crippen molar-refractivity contribution in [2.75, 3.05) is 27.9 Å². The van der Waals surface area contributed by atoms with E-state index in [1.54, 1.807) is 37.5 Å². The molecule has 0 amide bonds. The van der Waals surface area contributed by atoms with Crippen LogP contribution < -0.4 is 23.7 Å². The number of Topliss-reactive ketones (excluding diaryl/α,β-unsaturated/α-hetero) is 1. The molecule has 1 heterocycles. The molecule has 2 aromatic carbocycles. The summed E-state index contributed by atoms with van der Waals surface area (Å²) in [6.45, 7) is 6.37. The van der Waals surface area contributed by atoms with Crippen LogP contribution >= 0.6 is 0 Å². The molecule has 0 radical (unpaired) electrons. The fraction of sp³-hybridized carbons (Fsp3) is 0.292. The number of fused-ring (bicyclic) bond motifs is 1. The van der Waals surface area contributed by atoms with Gasteiger partial charge in [-0.3, -0.25) is 4.79 Å². The lowest BCUT2D eigenvalue weighted by Gasteiger charge is -2.14. The fourth-order valence-electron chi connectivity index (χ4n) is 3.20. The number of allylic oxidation sites excluding steroid dienone is 2. The molecule has 0 saturated heterocycles. The molecule has 6 nitrogen and oxygen atoms in total. The van der Waals surface area contributed by atoms with Gasteiger partial charge in [0.05, 0.1) is 26.9 Å². The molecule has 0 aliphatic carbocycles. The highest BCUT2D eigenvalue weighted by Gasteiger charge is 2.30. The second-order valence-corrected chi connectivity index (χ2v) is 7.02. The van der Waals surface area contributed by atoms with E-state index in [-0.39, 0.29) is 11.5 Å². The van der Waals surface area contributed by atoms with E-state index < -0.39 is 0 Å². The zero-order chi connectivity index (χ0) is 21.8. The molecule has 2 aromatic rings. The summed E-state index contributed by atoms with van der Waals surface area (Å²) < 4.78 is 28.0. The van der Waals surface area contributed by atoms with Gasteiger partial charge < -0.3 is 23.7 Å². The van der Waals surface area contributed by atoms with Crippen molar-refractivity contribution < 1.29 is 28.5 Å². The first kappa shape index (κ1) is 21.3. The van der Waals surface area contributed by atoms with E-state index in [4.69, 9.17) is 23.7 Å². The molecular weight excluding hydrogens is 384 g/mol. The average molecular weight is 410 g/mol. The van der Waals surface area contributed by atoms with E-state index in [1.807, 2.05) is 26.8 Å². The number of methoxy groups -OCH3 is 3. The van der Waals surface area contributed by atoms with Crippen LogP contribution in [-0.4, -0.2) is 33.7 Å². The quantitative estimate of drug-likeness (QED) is 0.474. The summed E-state index contributed by atoms with van der Waals surface area (Å²) in [5.41, 5.74) is 3.11. The van der Waals surface area contributed by atoms with Crippen LogP contribution in [0.1, 0.15) is 35.3 Å². The van der Waals surface area contributed by atoms with Gasteiger partial charge >= 0.3 is 0 Å². The van der Waals surface area contributed by atoms with Gasteiger partial charge in [-0.05, 0) is 57.2 Å². The van der Waals surface area contributed by atoms with Crippen molar-refractivity contribution >= 4 is 11.9 Å². The highest BCUT2D eigenvalue weighted by molar-refractivity contribution is 6.15. The maximum Gasteiger partial charge on any atom is 0.231 e. The zero-order valence-electron chi connectivity index (χ0n) is 18.1. The standard InChI is InChI=1S/C24H26O6/c1-14(2)11-12-29-18-10-8-17-21(25)20(30-22(17)15(18)3)13-16-7-9-19(26-4)24(28-6)23(16)27-5/h7-11,13H,12H2,1-6H3/b20-13-. The lowest BCUT2D eigenvalue weighted by molar-refractivity contribution is 0.101. The van der Waals surface area contributed by atoms with Crippen LogP contribution in [0.4, 0.5) is 0 Å². The molecule has 0 bridgehead atoms. The second-order valence-electron chi connectivity index (χ2n) is 7.02. The number of benzene rings is 2. The molecule has 3 rings (SSSR count). The van der Waals surface area contributed by atoms with E-state index in [0.29, 0.717) is 46.5 Å². The Morgan fingerprint density at radius 2 is 1.67 bits per heavy atom. The predicted molar refractivity (Wildman–Crippen MR) is 115 cm³/mol. The van der Waals surface area contributed by atoms with Gasteiger partial charge in [0.25, 0.3) is 0 Å². The Hall–Kier alpha value is -3.41. The SMILES string of the molecule is COc1ccc(/C=C2\Oc3c(ccc(OCC=C(C)C)c3C)C2=O)c(OC)c1OC. The van der Waals surface area contributed by atoms with Crippen molar-refractivity contribution in [3.05, 3.63) is 58.4 Å². The molecule has 0 spiro atoms. The van der Waals surface area contributed by atoms with Crippen LogP contribution in [-0.2, 0) is 0 Å². The highest BCUT2D eigenvalue weighted by atomic mass is 16.5. The van der Waals surface area contributed by atoms with Gasteiger partial charge in [-0.1, -0.05) is 5.57 Å². The van der Waals surface area contributed by atoms with Crippen LogP contribution in [0.2, 0.25) is 0 Å². The van der Waals surface area contributed by atoms with Crippen molar-refractivity contribution in [2.24, 2.45) is 0 Å². The minimum Gasteiger partial charge on any atom is -0.493 e. The summed E-state index contributed by atoms with van der Waals surface area (Å²) in [5, 5.41) is 0. The summed E-state index contributed by atoms with van der Waals surface area (Å²) in [5.74, 6) is 2.65. The van der Waals surface area contributed by atoms with E-state index in [2.05, 4.69) is 0 Å². The monoisotopic (exact) mass is 410 g/mol. The van der Waals surface area contributed by atoms with Crippen LogP contribution in [0.15, 0.2) is 41.7 Å². The third kappa shape index (κ3) is 3.99. The summed E-state index contributed by atoms with van der Waals surface area (Å²) in [6, 6.07) is 7.07. The first-order valence-electron chi connectivity index (χ1n) is 9.54. The van der Waals surface area contributed by atoms with Gasteiger partial charge in [0.15, 0.2) is 17.3 Å². The molecule has 0 unspecified atom stereocenters. The Morgan fingerprint density at radius 3 is 2.30 bits per heavy atom. The van der Waals surface area contributed by atoms with E-state index >= 15 is 0 Å². The lowest BCUT2D eigenvalue weighted by atomic mass is 10.1. The van der Waals surface area contributed by atoms with Gasteiger partial charge in [-0.25, -0.2) is 0 Å². The van der Waals surface area contributed by atoms with Crippen molar-refractivity contribution in [3.63, 3.8) is 0 Å². The number of hydrogen-bond donors (Lipinski definition) is 0. The van der Waals surface area contributed by atoms with Gasteiger partial charge in [-0.2, -0.15) is 0 Å². The minimum atomic E-state index is -0.194. The summed E-state index contributed by atoms with van der Waals surface area (Å²) in [7, 11) is 4.62. The van der Waals surface area contributed by atoms with E-state index in [1.165, 1.54) is 19.8 Å². The number of carbonyl (C=O) groups is 1. The zero-order valence-corrected chi connectivity index (χ0v) is 18.1. The molecule has 0 aromatic heterocycles. The largest absolute Gasteiger partial charge is 0.493 e. The summed E-state index contributed by atoms with van der Waals surface area (Å²) in [4.78, 5) is 12.9. The van der Waals surface area contributed by atoms with Crippen molar-refractivity contribution in [1.82, 2.24) is 0 Å². The predicted octanol–water partition coefficient (Wildman–Crippen LogP) is 4.98. The summed E-state index contributed by atoms with van der Waals surface area (Å²) in [6.07, 6.45) is 3.64. The Morgan fingerprint density at radius 1 is 0.967 bits per heavy atom. The molecule has 0 atom stereocenters. The van der Waals surface area contributed by atoms with E-state index in [0.717, 1.165) is 5.56 Å². The van der Waals surface area contributed by atoms with Crippen LogP contribution in [0.5, 0.6) is 28.7 Å². The van der Waals surface area contributed by atoms with Crippen molar-refractivity contribution in [1.29, 1.82) is 0 Å². The molecule has 30 heavy (non-hydrogen) atoms. The minimum absolute atomic E-state index is 0.194. The maximum atomic E-state index is 12.9. The first-order valence-corrected chi connectivity index (χ1v) is 9.54. The van der Waals surface area contributed by atoms with Gasteiger partial charge in [0, 0.05) is 11.1 Å².